The number of pyridine rings is 1. The number of nitrogens with zero attached hydrogens (tertiary/aromatic N) is 2. The van der Waals surface area contributed by atoms with Crippen molar-refractivity contribution < 1.29 is 4.79 Å². The Bertz CT molecular complexity index is 452. The van der Waals surface area contributed by atoms with Crippen LogP contribution in [0.2, 0.25) is 0 Å². The minimum atomic E-state index is 0.0797. The van der Waals surface area contributed by atoms with E-state index >= 15 is 0 Å². The highest BCUT2D eigenvalue weighted by Crippen LogP contribution is 2.33. The van der Waals surface area contributed by atoms with Crippen molar-refractivity contribution in [1.82, 2.24) is 10.3 Å². The number of carbonyl (C=O) groups excluding carboxylic acids is 1. The molecule has 1 aromatic heterocycles. The number of amides is 1. The monoisotopic (exact) mass is 309 g/mol. The van der Waals surface area contributed by atoms with Crippen LogP contribution in [-0.2, 0) is 4.79 Å². The molecule has 1 amide bonds. The molecule has 3 rings (SSSR count). The zero-order chi connectivity index (χ0) is 12.6. The van der Waals surface area contributed by atoms with E-state index in [2.05, 4.69) is 37.2 Å². The Morgan fingerprint density at radius 2 is 2.06 bits per heavy atom. The number of carbonyl (C=O) groups is 1. The quantitative estimate of drug-likeness (QED) is 0.808. The lowest BCUT2D eigenvalue weighted by atomic mass is 9.86. The first kappa shape index (κ1) is 12.0. The molecule has 18 heavy (non-hydrogen) atoms. The topological polar surface area (TPSA) is 45.2 Å². The largest absolute Gasteiger partial charge is 0.370 e. The third-order valence-corrected chi connectivity index (χ3v) is 4.50. The highest BCUT2D eigenvalue weighted by Gasteiger charge is 2.40. The van der Waals surface area contributed by atoms with Gasteiger partial charge in [-0.1, -0.05) is 0 Å². The summed E-state index contributed by atoms with van der Waals surface area (Å²) in [6.07, 6.45) is 5.66. The molecular formula is C13H16BrN3O. The average Bonchev–Trinajstić information content (AvgIpc) is 2.73. The van der Waals surface area contributed by atoms with Crippen LogP contribution >= 0.6 is 15.9 Å². The van der Waals surface area contributed by atoms with E-state index in [1.54, 1.807) is 0 Å². The van der Waals surface area contributed by atoms with E-state index in [1.165, 1.54) is 0 Å². The Hall–Kier alpha value is -1.10. The van der Waals surface area contributed by atoms with Crippen LogP contribution in [0.25, 0.3) is 0 Å². The number of rotatable bonds is 1. The van der Waals surface area contributed by atoms with Crippen LogP contribution in [0.15, 0.2) is 22.9 Å². The second-order valence-corrected chi connectivity index (χ2v) is 5.97. The summed E-state index contributed by atoms with van der Waals surface area (Å²) in [6.45, 7) is 1.98. The summed E-state index contributed by atoms with van der Waals surface area (Å²) in [5, 5.41) is 3.16. The van der Waals surface area contributed by atoms with Gasteiger partial charge in [0, 0.05) is 25.0 Å². The Morgan fingerprint density at radius 3 is 2.61 bits per heavy atom. The molecule has 96 valence electrons. The van der Waals surface area contributed by atoms with Gasteiger partial charge in [-0.15, -0.1) is 0 Å². The number of aromatic nitrogens is 1. The first-order valence-electron chi connectivity index (χ1n) is 6.34. The third-order valence-electron chi connectivity index (χ3n) is 4.03. The Balaban J connectivity index is 1.66. The summed E-state index contributed by atoms with van der Waals surface area (Å²) in [6, 6.07) is 4.05. The Kier molecular flexibility index (Phi) is 3.01. The smallest absolute Gasteiger partial charge is 0.220 e. The Morgan fingerprint density at radius 1 is 1.28 bits per heavy atom. The maximum Gasteiger partial charge on any atom is 0.220 e. The highest BCUT2D eigenvalue weighted by molar-refractivity contribution is 9.10. The molecule has 4 nitrogen and oxygen atoms in total. The van der Waals surface area contributed by atoms with Crippen molar-refractivity contribution in [2.45, 2.75) is 31.2 Å². The number of nitrogens with one attached hydrogen (secondary N) is 1. The lowest BCUT2D eigenvalue weighted by Crippen LogP contribution is -2.51. The molecule has 0 atom stereocenters. The molecule has 0 radical (unpaired) electrons. The van der Waals surface area contributed by atoms with Crippen molar-refractivity contribution in [1.29, 1.82) is 0 Å². The summed E-state index contributed by atoms with van der Waals surface area (Å²) < 4.78 is 0.864. The van der Waals surface area contributed by atoms with E-state index in [1.807, 2.05) is 12.3 Å². The molecule has 1 N–H and O–H groups in total. The first-order chi connectivity index (χ1) is 8.67. The van der Waals surface area contributed by atoms with Crippen molar-refractivity contribution in [3.63, 3.8) is 0 Å². The van der Waals surface area contributed by atoms with Crippen molar-refractivity contribution in [3.8, 4) is 0 Å². The van der Waals surface area contributed by atoms with Crippen LogP contribution in [0.1, 0.15) is 25.7 Å². The average molecular weight is 310 g/mol. The SMILES string of the molecule is O=C1CCC2(CCN(c3ccc(Br)nc3)CC2)N1. The van der Waals surface area contributed by atoms with Gasteiger partial charge in [-0.2, -0.15) is 0 Å². The summed E-state index contributed by atoms with van der Waals surface area (Å²) >= 11 is 3.35. The fourth-order valence-electron chi connectivity index (χ4n) is 2.90. The van der Waals surface area contributed by atoms with Gasteiger partial charge in [-0.05, 0) is 47.3 Å². The molecule has 2 saturated heterocycles. The van der Waals surface area contributed by atoms with Gasteiger partial charge in [-0.3, -0.25) is 4.79 Å². The van der Waals surface area contributed by atoms with E-state index in [4.69, 9.17) is 0 Å². The van der Waals surface area contributed by atoms with Gasteiger partial charge < -0.3 is 10.2 Å². The van der Waals surface area contributed by atoms with Crippen LogP contribution in [0.3, 0.4) is 0 Å². The fourth-order valence-corrected chi connectivity index (χ4v) is 3.13. The number of hydrogen-bond acceptors (Lipinski definition) is 3. The molecule has 3 heterocycles. The molecule has 1 aromatic rings. The lowest BCUT2D eigenvalue weighted by molar-refractivity contribution is -0.119. The van der Waals surface area contributed by atoms with Crippen LogP contribution in [0, 0.1) is 0 Å². The number of piperidine rings is 1. The van der Waals surface area contributed by atoms with E-state index in [0.29, 0.717) is 6.42 Å². The van der Waals surface area contributed by atoms with Gasteiger partial charge in [0.1, 0.15) is 4.60 Å². The first-order valence-corrected chi connectivity index (χ1v) is 7.14. The van der Waals surface area contributed by atoms with Gasteiger partial charge >= 0.3 is 0 Å². The molecule has 0 aromatic carbocycles. The minimum absolute atomic E-state index is 0.0797. The zero-order valence-corrected chi connectivity index (χ0v) is 11.7. The predicted octanol–water partition coefficient (Wildman–Crippen LogP) is 2.09. The third kappa shape index (κ3) is 2.23. The normalized spacial score (nSPS) is 22.3. The predicted molar refractivity (Wildman–Crippen MR) is 73.5 cm³/mol. The van der Waals surface area contributed by atoms with Gasteiger partial charge in [0.15, 0.2) is 0 Å². The van der Waals surface area contributed by atoms with Crippen LogP contribution in [0.4, 0.5) is 5.69 Å². The summed E-state index contributed by atoms with van der Waals surface area (Å²) in [5.41, 5.74) is 1.24. The number of anilines is 1. The van der Waals surface area contributed by atoms with Crippen molar-refractivity contribution >= 4 is 27.5 Å². The second kappa shape index (κ2) is 4.53. The molecule has 0 saturated carbocycles. The summed E-state index contributed by atoms with van der Waals surface area (Å²) in [7, 11) is 0. The van der Waals surface area contributed by atoms with Crippen LogP contribution in [-0.4, -0.2) is 29.5 Å². The maximum absolute atomic E-state index is 11.4. The van der Waals surface area contributed by atoms with Gasteiger partial charge in [0.05, 0.1) is 11.9 Å². The van der Waals surface area contributed by atoms with E-state index in [9.17, 15) is 4.79 Å². The highest BCUT2D eigenvalue weighted by atomic mass is 79.9. The summed E-state index contributed by atoms with van der Waals surface area (Å²) in [5.74, 6) is 0.216. The Labute approximate surface area is 115 Å². The number of hydrogen-bond donors (Lipinski definition) is 1. The van der Waals surface area contributed by atoms with Gasteiger partial charge in [-0.25, -0.2) is 4.98 Å². The van der Waals surface area contributed by atoms with Crippen molar-refractivity contribution in [2.24, 2.45) is 0 Å². The molecule has 0 aliphatic carbocycles. The van der Waals surface area contributed by atoms with E-state index in [-0.39, 0.29) is 11.4 Å². The van der Waals surface area contributed by atoms with Crippen molar-refractivity contribution in [3.05, 3.63) is 22.9 Å². The molecule has 1 spiro atoms. The molecule has 0 unspecified atom stereocenters. The molecule has 2 fully saturated rings. The van der Waals surface area contributed by atoms with Gasteiger partial charge in [0.25, 0.3) is 0 Å². The van der Waals surface area contributed by atoms with Crippen molar-refractivity contribution in [2.75, 3.05) is 18.0 Å². The molecule has 2 aliphatic rings. The molecule has 5 heteroatoms. The minimum Gasteiger partial charge on any atom is -0.370 e. The second-order valence-electron chi connectivity index (χ2n) is 5.15. The van der Waals surface area contributed by atoms with E-state index in [0.717, 1.165) is 42.6 Å². The van der Waals surface area contributed by atoms with Crippen LogP contribution < -0.4 is 10.2 Å². The van der Waals surface area contributed by atoms with Crippen LogP contribution in [0.5, 0.6) is 0 Å². The molecule has 2 aliphatic heterocycles. The summed E-state index contributed by atoms with van der Waals surface area (Å²) in [4.78, 5) is 18.0. The fraction of sp³-hybridized carbons (Fsp3) is 0.538. The zero-order valence-electron chi connectivity index (χ0n) is 10.2. The molecular weight excluding hydrogens is 294 g/mol. The van der Waals surface area contributed by atoms with Gasteiger partial charge in [0.2, 0.25) is 5.91 Å². The lowest BCUT2D eigenvalue weighted by Gasteiger charge is -2.40. The van der Waals surface area contributed by atoms with E-state index < -0.39 is 0 Å². The standard InChI is InChI=1S/C13H16BrN3O/c14-11-2-1-10(9-15-11)17-7-5-13(6-8-17)4-3-12(18)16-13/h1-2,9H,3-8H2,(H,16,18). The molecule has 0 bridgehead atoms. The number of halogens is 1. The maximum atomic E-state index is 11.4.